The van der Waals surface area contributed by atoms with Gasteiger partial charge in [0.1, 0.15) is 17.1 Å². The fourth-order valence-corrected chi connectivity index (χ4v) is 4.23. The van der Waals surface area contributed by atoms with E-state index in [9.17, 15) is 9.90 Å². The fourth-order valence-electron chi connectivity index (χ4n) is 4.23. The first-order valence-electron chi connectivity index (χ1n) is 11.4. The number of nitrogens with one attached hydrogen (secondary N) is 2. The largest absolute Gasteiger partial charge is 0.507 e. The highest BCUT2D eigenvalue weighted by Gasteiger charge is 2.22. The summed E-state index contributed by atoms with van der Waals surface area (Å²) < 4.78 is 5.53. The summed E-state index contributed by atoms with van der Waals surface area (Å²) in [7, 11) is 5.41. The minimum Gasteiger partial charge on any atom is -0.507 e. The Morgan fingerprint density at radius 3 is 2.53 bits per heavy atom. The Morgan fingerprint density at radius 2 is 1.79 bits per heavy atom. The van der Waals surface area contributed by atoms with E-state index in [1.165, 1.54) is 0 Å². The quantitative estimate of drug-likeness (QED) is 0.413. The number of carbonyl (C=O) groups excluding carboxylic acids is 1. The van der Waals surface area contributed by atoms with E-state index >= 15 is 0 Å². The second-order valence-electron chi connectivity index (χ2n) is 8.25. The van der Waals surface area contributed by atoms with Gasteiger partial charge in [-0.1, -0.05) is 24.3 Å². The topological polar surface area (TPSA) is 90.5 Å². The molecule has 176 valence electrons. The van der Waals surface area contributed by atoms with Gasteiger partial charge in [-0.2, -0.15) is 0 Å². The van der Waals surface area contributed by atoms with E-state index in [2.05, 4.69) is 21.4 Å². The predicted molar refractivity (Wildman–Crippen MR) is 135 cm³/mol. The Bertz CT molecular complexity index is 1290. The number of fused-ring (bicyclic) bond motifs is 1. The Balaban J connectivity index is 0.000000868. The van der Waals surface area contributed by atoms with Crippen molar-refractivity contribution in [2.24, 2.45) is 0 Å². The number of rotatable bonds is 4. The van der Waals surface area contributed by atoms with Crippen LogP contribution in [0.15, 0.2) is 60.9 Å². The van der Waals surface area contributed by atoms with E-state index in [0.29, 0.717) is 5.56 Å². The molecule has 0 saturated carbocycles. The number of para-hydroxylation sites is 1. The fraction of sp³-hybridized carbons (Fsp3) is 0.259. The van der Waals surface area contributed by atoms with Gasteiger partial charge in [-0.25, -0.2) is 4.98 Å². The lowest BCUT2D eigenvalue weighted by atomic mass is 10.00. The lowest BCUT2D eigenvalue weighted by Gasteiger charge is -2.16. The van der Waals surface area contributed by atoms with Gasteiger partial charge in [-0.3, -0.25) is 4.79 Å². The molecule has 3 heterocycles. The summed E-state index contributed by atoms with van der Waals surface area (Å²) in [4.78, 5) is 22.5. The molecule has 2 aromatic carbocycles. The molecule has 7 nitrogen and oxygen atoms in total. The van der Waals surface area contributed by atoms with Gasteiger partial charge >= 0.3 is 0 Å². The zero-order valence-corrected chi connectivity index (χ0v) is 19.8. The number of hydrogen-bond acceptors (Lipinski definition) is 5. The standard InChI is InChI=1S/C25H23N3O3.C2H7N/c1-31-23-7-3-2-6-18(23)21-15-27-24-19(21)13-17(14-26-24)16-8-9-22(29)20(12-16)25(30)28-10-4-5-11-28;1-3-2/h2-3,6-9,12-15,29H,4-5,10-11H2,1H3,(H,26,27);3H,1-2H3. The van der Waals surface area contributed by atoms with Gasteiger partial charge in [-0.05, 0) is 56.8 Å². The molecule has 1 fully saturated rings. The number of likely N-dealkylation sites (tertiary alicyclic amines) is 1. The number of hydrogen-bond donors (Lipinski definition) is 3. The van der Waals surface area contributed by atoms with Crippen molar-refractivity contribution in [3.05, 3.63) is 66.5 Å². The molecule has 1 saturated heterocycles. The van der Waals surface area contributed by atoms with Crippen molar-refractivity contribution in [1.82, 2.24) is 20.2 Å². The number of pyridine rings is 1. The third-order valence-corrected chi connectivity index (χ3v) is 5.88. The molecule has 0 atom stereocenters. The molecule has 0 unspecified atom stereocenters. The van der Waals surface area contributed by atoms with E-state index < -0.39 is 0 Å². The maximum Gasteiger partial charge on any atom is 0.257 e. The number of ether oxygens (including phenoxy) is 1. The summed E-state index contributed by atoms with van der Waals surface area (Å²) in [5.74, 6) is 0.671. The van der Waals surface area contributed by atoms with Crippen LogP contribution in [0.25, 0.3) is 33.3 Å². The number of aromatic hydroxyl groups is 1. The number of benzene rings is 2. The summed E-state index contributed by atoms with van der Waals surface area (Å²) in [5, 5.41) is 14.0. The maximum atomic E-state index is 12.9. The molecule has 0 radical (unpaired) electrons. The van der Waals surface area contributed by atoms with Crippen LogP contribution >= 0.6 is 0 Å². The maximum absolute atomic E-state index is 12.9. The highest BCUT2D eigenvalue weighted by molar-refractivity contribution is 6.00. The molecule has 4 aromatic rings. The second-order valence-corrected chi connectivity index (χ2v) is 8.25. The molecule has 0 bridgehead atoms. The van der Waals surface area contributed by atoms with Crippen molar-refractivity contribution in [1.29, 1.82) is 0 Å². The van der Waals surface area contributed by atoms with Crippen LogP contribution < -0.4 is 10.1 Å². The third-order valence-electron chi connectivity index (χ3n) is 5.88. The lowest BCUT2D eigenvalue weighted by molar-refractivity contribution is 0.0790. The Kier molecular flexibility index (Phi) is 7.13. The molecule has 1 aliphatic rings. The van der Waals surface area contributed by atoms with Crippen molar-refractivity contribution in [3.8, 4) is 33.8 Å². The number of amides is 1. The van der Waals surface area contributed by atoms with Crippen LogP contribution in [0.2, 0.25) is 0 Å². The van der Waals surface area contributed by atoms with Gasteiger partial charge < -0.3 is 25.0 Å². The summed E-state index contributed by atoms with van der Waals surface area (Å²) >= 11 is 0. The number of aromatic amines is 1. The summed E-state index contributed by atoms with van der Waals surface area (Å²) in [6.07, 6.45) is 5.72. The minimum absolute atomic E-state index is 0.00560. The predicted octanol–water partition coefficient (Wildman–Crippen LogP) is 4.68. The number of aromatic nitrogens is 2. The second kappa shape index (κ2) is 10.4. The van der Waals surface area contributed by atoms with Gasteiger partial charge in [0.05, 0.1) is 12.7 Å². The average Bonchev–Trinajstić information content (AvgIpc) is 3.54. The van der Waals surface area contributed by atoms with Crippen molar-refractivity contribution >= 4 is 16.9 Å². The molecule has 5 rings (SSSR count). The lowest BCUT2D eigenvalue weighted by Crippen LogP contribution is -2.27. The monoisotopic (exact) mass is 458 g/mol. The summed E-state index contributed by atoms with van der Waals surface area (Å²) in [6.45, 7) is 1.48. The molecule has 1 amide bonds. The number of phenolic OH excluding ortho intramolecular Hbond substituents is 1. The normalized spacial score (nSPS) is 13.0. The van der Waals surface area contributed by atoms with Crippen molar-refractivity contribution < 1.29 is 14.6 Å². The number of H-pyrrole nitrogens is 1. The third kappa shape index (κ3) is 4.61. The summed E-state index contributed by atoms with van der Waals surface area (Å²) in [6, 6.07) is 15.1. The van der Waals surface area contributed by atoms with Gasteiger partial charge in [0.15, 0.2) is 0 Å². The van der Waals surface area contributed by atoms with Crippen LogP contribution in [0.5, 0.6) is 11.5 Å². The smallest absolute Gasteiger partial charge is 0.257 e. The van der Waals surface area contributed by atoms with Gasteiger partial charge in [0.25, 0.3) is 5.91 Å². The zero-order valence-electron chi connectivity index (χ0n) is 19.8. The van der Waals surface area contributed by atoms with Gasteiger partial charge in [0, 0.05) is 47.6 Å². The molecule has 3 N–H and O–H groups in total. The molecule has 2 aromatic heterocycles. The van der Waals surface area contributed by atoms with Crippen LogP contribution in [0.4, 0.5) is 0 Å². The molecule has 0 spiro atoms. The molecule has 0 aliphatic carbocycles. The molecular weight excluding hydrogens is 428 g/mol. The van der Waals surface area contributed by atoms with Crippen molar-refractivity contribution in [2.75, 3.05) is 34.3 Å². The Hall–Kier alpha value is -3.84. The first-order valence-corrected chi connectivity index (χ1v) is 11.4. The van der Waals surface area contributed by atoms with E-state index in [1.54, 1.807) is 30.3 Å². The highest BCUT2D eigenvalue weighted by atomic mass is 16.5. The van der Waals surface area contributed by atoms with Crippen LogP contribution in [0.3, 0.4) is 0 Å². The Labute approximate surface area is 199 Å². The van der Waals surface area contributed by atoms with Crippen molar-refractivity contribution in [3.63, 3.8) is 0 Å². The zero-order chi connectivity index (χ0) is 24.1. The number of methoxy groups -OCH3 is 1. The molecule has 1 aliphatic heterocycles. The van der Waals surface area contributed by atoms with E-state index in [1.807, 2.05) is 50.6 Å². The number of phenols is 1. The highest BCUT2D eigenvalue weighted by Crippen LogP contribution is 2.36. The SMILES string of the molecule is CNC.COc1ccccc1-c1c[nH]c2ncc(-c3ccc(O)c(C(=O)N4CCCC4)c3)cc12. The molecular formula is C27H30N4O3. The van der Waals surface area contributed by atoms with Gasteiger partial charge in [0.2, 0.25) is 0 Å². The number of nitrogens with zero attached hydrogens (tertiary/aromatic N) is 2. The van der Waals surface area contributed by atoms with Crippen LogP contribution in [0.1, 0.15) is 23.2 Å². The first kappa shape index (κ1) is 23.3. The van der Waals surface area contributed by atoms with Crippen LogP contribution in [0, 0.1) is 0 Å². The average molecular weight is 459 g/mol. The summed E-state index contributed by atoms with van der Waals surface area (Å²) in [5.41, 5.74) is 4.79. The van der Waals surface area contributed by atoms with Crippen molar-refractivity contribution in [2.45, 2.75) is 12.8 Å². The Morgan fingerprint density at radius 1 is 1.06 bits per heavy atom. The number of carbonyl (C=O) groups is 1. The molecule has 34 heavy (non-hydrogen) atoms. The van der Waals surface area contributed by atoms with E-state index in [4.69, 9.17) is 4.74 Å². The van der Waals surface area contributed by atoms with Gasteiger partial charge in [-0.15, -0.1) is 0 Å². The van der Waals surface area contributed by atoms with E-state index in [-0.39, 0.29) is 11.7 Å². The first-order chi connectivity index (χ1) is 16.6. The molecule has 7 heteroatoms. The van der Waals surface area contributed by atoms with Crippen LogP contribution in [-0.4, -0.2) is 60.2 Å². The van der Waals surface area contributed by atoms with Crippen LogP contribution in [-0.2, 0) is 0 Å². The minimum atomic E-state index is -0.123. The van der Waals surface area contributed by atoms with E-state index in [0.717, 1.165) is 65.0 Å².